The van der Waals surface area contributed by atoms with E-state index in [1.54, 1.807) is 0 Å². The predicted octanol–water partition coefficient (Wildman–Crippen LogP) is 3.36. The average molecular weight is 339 g/mol. The Morgan fingerprint density at radius 2 is 2.20 bits per heavy atom. The van der Waals surface area contributed by atoms with Gasteiger partial charge >= 0.3 is 5.97 Å². The molecular weight excluding hydrogens is 331 g/mol. The van der Waals surface area contributed by atoms with E-state index >= 15 is 0 Å². The molecule has 7 heteroatoms. The lowest BCUT2D eigenvalue weighted by atomic mass is 10.2. The zero-order valence-electron chi connectivity index (χ0n) is 9.98. The first-order valence-electron chi connectivity index (χ1n) is 5.47. The van der Waals surface area contributed by atoms with Gasteiger partial charge in [0.05, 0.1) is 22.3 Å². The number of nitrogens with one attached hydrogen (secondary N) is 1. The topological polar surface area (TPSA) is 86.3 Å². The third-order valence-corrected chi connectivity index (χ3v) is 3.30. The van der Waals surface area contributed by atoms with Crippen LogP contribution in [-0.2, 0) is 6.54 Å². The molecule has 20 heavy (non-hydrogen) atoms. The van der Waals surface area contributed by atoms with E-state index in [9.17, 15) is 9.18 Å². The highest BCUT2D eigenvalue weighted by Gasteiger charge is 2.12. The van der Waals surface area contributed by atoms with Gasteiger partial charge in [-0.25, -0.2) is 9.18 Å². The molecule has 0 unspecified atom stereocenters. The molecule has 0 atom stereocenters. The van der Waals surface area contributed by atoms with Gasteiger partial charge in [0.25, 0.3) is 0 Å². The van der Waals surface area contributed by atoms with Crippen molar-refractivity contribution in [2.45, 2.75) is 6.54 Å². The molecule has 0 aliphatic heterocycles. The fourth-order valence-electron chi connectivity index (χ4n) is 1.54. The van der Waals surface area contributed by atoms with Crippen LogP contribution in [0, 0.1) is 17.1 Å². The summed E-state index contributed by atoms with van der Waals surface area (Å²) in [4.78, 5) is 10.6. The monoisotopic (exact) mass is 338 g/mol. The number of furan rings is 1. The number of hydrogen-bond acceptors (Lipinski definition) is 4. The van der Waals surface area contributed by atoms with E-state index in [-0.39, 0.29) is 28.0 Å². The first-order valence-corrected chi connectivity index (χ1v) is 6.26. The fourth-order valence-corrected chi connectivity index (χ4v) is 1.98. The zero-order chi connectivity index (χ0) is 14.7. The molecule has 0 amide bonds. The highest BCUT2D eigenvalue weighted by molar-refractivity contribution is 9.10. The van der Waals surface area contributed by atoms with Crippen LogP contribution in [-0.4, -0.2) is 11.1 Å². The zero-order valence-corrected chi connectivity index (χ0v) is 11.6. The van der Waals surface area contributed by atoms with E-state index in [0.717, 1.165) is 0 Å². The number of benzene rings is 1. The molecule has 0 spiro atoms. The lowest BCUT2D eigenvalue weighted by molar-refractivity contribution is 0.0660. The molecule has 2 rings (SSSR count). The Morgan fingerprint density at radius 1 is 1.45 bits per heavy atom. The molecular formula is C13H8BrFN2O3. The van der Waals surface area contributed by atoms with Crippen LogP contribution in [0.25, 0.3) is 0 Å². The number of anilines is 1. The number of halogens is 2. The number of carboxylic acids is 1. The number of nitriles is 1. The highest BCUT2D eigenvalue weighted by Crippen LogP contribution is 2.27. The summed E-state index contributed by atoms with van der Waals surface area (Å²) in [5.41, 5.74) is 0.378. The summed E-state index contributed by atoms with van der Waals surface area (Å²) in [5.74, 6) is -1.57. The summed E-state index contributed by atoms with van der Waals surface area (Å²) in [6.07, 6.45) is 0. The number of hydrogen-bond donors (Lipinski definition) is 2. The van der Waals surface area contributed by atoms with Crippen LogP contribution in [0.1, 0.15) is 21.9 Å². The third-order valence-electron chi connectivity index (χ3n) is 2.53. The van der Waals surface area contributed by atoms with Crippen molar-refractivity contribution >= 4 is 27.6 Å². The van der Waals surface area contributed by atoms with Crippen LogP contribution < -0.4 is 5.32 Å². The van der Waals surface area contributed by atoms with Gasteiger partial charge < -0.3 is 14.8 Å². The van der Waals surface area contributed by atoms with Gasteiger partial charge in [0.1, 0.15) is 11.8 Å². The molecule has 0 saturated carbocycles. The van der Waals surface area contributed by atoms with Crippen molar-refractivity contribution in [3.05, 3.63) is 51.6 Å². The summed E-state index contributed by atoms with van der Waals surface area (Å²) in [6.45, 7) is 0.128. The molecule has 1 heterocycles. The van der Waals surface area contributed by atoms with E-state index in [1.807, 2.05) is 6.07 Å². The van der Waals surface area contributed by atoms with Gasteiger partial charge in [0.2, 0.25) is 5.76 Å². The van der Waals surface area contributed by atoms with Gasteiger partial charge in [0.15, 0.2) is 5.82 Å². The van der Waals surface area contributed by atoms with Gasteiger partial charge in [-0.15, -0.1) is 0 Å². The Labute approximate surface area is 121 Å². The Hall–Kier alpha value is -2.33. The highest BCUT2D eigenvalue weighted by atomic mass is 79.9. The largest absolute Gasteiger partial charge is 0.475 e. The summed E-state index contributed by atoms with van der Waals surface area (Å²) >= 11 is 3.00. The molecule has 1 aromatic heterocycles. The molecule has 5 nitrogen and oxygen atoms in total. The second-order valence-corrected chi connectivity index (χ2v) is 4.62. The van der Waals surface area contributed by atoms with Crippen molar-refractivity contribution in [1.82, 2.24) is 0 Å². The van der Waals surface area contributed by atoms with Gasteiger partial charge in [0, 0.05) is 0 Å². The molecule has 1 aromatic carbocycles. The van der Waals surface area contributed by atoms with Crippen molar-refractivity contribution in [2.75, 3.05) is 5.32 Å². The summed E-state index contributed by atoms with van der Waals surface area (Å²) < 4.78 is 19.0. The van der Waals surface area contributed by atoms with Gasteiger partial charge in [-0.1, -0.05) is 0 Å². The number of nitrogens with zero attached hydrogens (tertiary/aromatic N) is 1. The number of carbonyl (C=O) groups is 1. The van der Waals surface area contributed by atoms with Crippen molar-refractivity contribution < 1.29 is 18.7 Å². The summed E-state index contributed by atoms with van der Waals surface area (Å²) in [6, 6.07) is 7.57. The molecule has 0 aliphatic rings. The molecule has 0 bridgehead atoms. The van der Waals surface area contributed by atoms with E-state index in [4.69, 9.17) is 14.8 Å². The quantitative estimate of drug-likeness (QED) is 0.892. The van der Waals surface area contributed by atoms with Crippen molar-refractivity contribution in [3.63, 3.8) is 0 Å². The lowest BCUT2D eigenvalue weighted by Gasteiger charge is -2.07. The van der Waals surface area contributed by atoms with Crippen molar-refractivity contribution in [2.24, 2.45) is 0 Å². The second kappa shape index (κ2) is 5.75. The maximum Gasteiger partial charge on any atom is 0.371 e. The standard InChI is InChI=1S/C13H8BrFN2O3/c14-11-7(5-16)1-3-9(12(11)15)17-6-8-2-4-10(20-8)13(18)19/h1-4,17H,6H2,(H,18,19). The fraction of sp³-hybridized carbons (Fsp3) is 0.0769. The Balaban J connectivity index is 2.13. The van der Waals surface area contributed by atoms with Crippen LogP contribution in [0.15, 0.2) is 33.2 Å². The maximum atomic E-state index is 13.9. The molecule has 102 valence electrons. The SMILES string of the molecule is N#Cc1ccc(NCc2ccc(C(=O)O)o2)c(F)c1Br. The molecule has 0 fully saturated rings. The Bertz CT molecular complexity index is 706. The molecule has 2 aromatic rings. The summed E-state index contributed by atoms with van der Waals surface area (Å²) in [7, 11) is 0. The predicted molar refractivity (Wildman–Crippen MR) is 71.8 cm³/mol. The average Bonchev–Trinajstić information content (AvgIpc) is 2.89. The second-order valence-electron chi connectivity index (χ2n) is 3.83. The first kappa shape index (κ1) is 14.1. The molecule has 0 aliphatic carbocycles. The smallest absolute Gasteiger partial charge is 0.371 e. The Morgan fingerprint density at radius 3 is 2.80 bits per heavy atom. The molecule has 0 saturated heterocycles. The van der Waals surface area contributed by atoms with Crippen LogP contribution in [0.3, 0.4) is 0 Å². The minimum atomic E-state index is -1.16. The third kappa shape index (κ3) is 2.81. The minimum absolute atomic E-state index is 0.0793. The van der Waals surface area contributed by atoms with Gasteiger partial charge in [-0.3, -0.25) is 0 Å². The normalized spacial score (nSPS) is 10.1. The van der Waals surface area contributed by atoms with E-state index in [0.29, 0.717) is 5.76 Å². The number of rotatable bonds is 4. The number of carboxylic acid groups (broad SMARTS) is 1. The maximum absolute atomic E-state index is 13.9. The van der Waals surface area contributed by atoms with Crippen LogP contribution in [0.2, 0.25) is 0 Å². The van der Waals surface area contributed by atoms with Gasteiger partial charge in [-0.05, 0) is 40.2 Å². The molecule has 0 radical (unpaired) electrons. The van der Waals surface area contributed by atoms with E-state index in [2.05, 4.69) is 21.2 Å². The van der Waals surface area contributed by atoms with Crippen LogP contribution in [0.5, 0.6) is 0 Å². The first-order chi connectivity index (χ1) is 9.52. The lowest BCUT2D eigenvalue weighted by Crippen LogP contribution is -2.02. The number of aromatic carboxylic acids is 1. The summed E-state index contributed by atoms with van der Waals surface area (Å²) in [5, 5.41) is 20.2. The van der Waals surface area contributed by atoms with Crippen LogP contribution >= 0.6 is 15.9 Å². The minimum Gasteiger partial charge on any atom is -0.475 e. The van der Waals surface area contributed by atoms with Crippen molar-refractivity contribution in [3.8, 4) is 6.07 Å². The van der Waals surface area contributed by atoms with Crippen LogP contribution in [0.4, 0.5) is 10.1 Å². The van der Waals surface area contributed by atoms with E-state index < -0.39 is 11.8 Å². The Kier molecular flexibility index (Phi) is 4.05. The van der Waals surface area contributed by atoms with Crippen molar-refractivity contribution in [1.29, 1.82) is 5.26 Å². The van der Waals surface area contributed by atoms with E-state index in [1.165, 1.54) is 24.3 Å². The molecule has 2 N–H and O–H groups in total. The van der Waals surface area contributed by atoms with Gasteiger partial charge in [-0.2, -0.15) is 5.26 Å².